The Labute approximate surface area is 88.5 Å². The van der Waals surface area contributed by atoms with Crippen molar-refractivity contribution in [2.24, 2.45) is 10.3 Å². The fourth-order valence-corrected chi connectivity index (χ4v) is 1.28. The predicted octanol–water partition coefficient (Wildman–Crippen LogP) is 2.41. The second-order valence-corrected chi connectivity index (χ2v) is 3.21. The lowest BCUT2D eigenvalue weighted by Gasteiger charge is -2.04. The molecule has 0 radical (unpaired) electrons. The van der Waals surface area contributed by atoms with Gasteiger partial charge in [-0.2, -0.15) is 0 Å². The molecular weight excluding hydrogens is 192 g/mol. The van der Waals surface area contributed by atoms with Crippen LogP contribution in [0.2, 0.25) is 0 Å². The Morgan fingerprint density at radius 2 is 1.73 bits per heavy atom. The van der Waals surface area contributed by atoms with Gasteiger partial charge in [0, 0.05) is 5.56 Å². The molecule has 0 fully saturated rings. The Hall–Kier alpha value is -1.84. The van der Waals surface area contributed by atoms with Gasteiger partial charge in [-0.05, 0) is 13.3 Å². The molecule has 0 unspecified atom stereocenters. The van der Waals surface area contributed by atoms with Crippen LogP contribution < -0.4 is 0 Å². The molecule has 1 aromatic carbocycles. The number of hydrogen-bond acceptors (Lipinski definition) is 4. The Bertz CT molecular complexity index is 380. The average molecular weight is 206 g/mol. The molecule has 80 valence electrons. The number of aryl methyl sites for hydroxylation is 1. The Morgan fingerprint density at radius 1 is 1.13 bits per heavy atom. The smallest absolute Gasteiger partial charge is 0.134 e. The Morgan fingerprint density at radius 3 is 2.13 bits per heavy atom. The molecule has 0 aliphatic carbocycles. The highest BCUT2D eigenvalue weighted by atomic mass is 16.4. The second-order valence-electron chi connectivity index (χ2n) is 3.21. The van der Waals surface area contributed by atoms with Crippen molar-refractivity contribution in [3.8, 4) is 0 Å². The summed E-state index contributed by atoms with van der Waals surface area (Å²) in [5.74, 6) is 0. The molecule has 0 bridgehead atoms. The van der Waals surface area contributed by atoms with Crippen molar-refractivity contribution < 1.29 is 10.4 Å². The predicted molar refractivity (Wildman–Crippen MR) is 59.0 cm³/mol. The normalized spacial score (nSPS) is 12.9. The number of benzene rings is 1. The summed E-state index contributed by atoms with van der Waals surface area (Å²) in [6, 6.07) is 7.47. The van der Waals surface area contributed by atoms with Gasteiger partial charge in [-0.3, -0.25) is 0 Å². The van der Waals surface area contributed by atoms with Crippen LogP contribution in [0.25, 0.3) is 0 Å². The standard InChI is InChI=1S/C11H14N2O2/c1-3-10(12-14)11(13-15)9-6-4-8(2)5-7-9/h4-7,14-15H,3H2,1-2H3/b12-10+,13-11+. The molecule has 0 heterocycles. The van der Waals surface area contributed by atoms with Gasteiger partial charge in [0.1, 0.15) is 11.4 Å². The minimum atomic E-state index is 0.306. The van der Waals surface area contributed by atoms with Crippen LogP contribution >= 0.6 is 0 Å². The van der Waals surface area contributed by atoms with E-state index in [1.807, 2.05) is 38.1 Å². The summed E-state index contributed by atoms with van der Waals surface area (Å²) in [5.41, 5.74) is 2.52. The van der Waals surface area contributed by atoms with Gasteiger partial charge in [-0.25, -0.2) is 0 Å². The summed E-state index contributed by atoms with van der Waals surface area (Å²) in [6.45, 7) is 3.80. The molecule has 0 aromatic heterocycles. The summed E-state index contributed by atoms with van der Waals surface area (Å²) >= 11 is 0. The van der Waals surface area contributed by atoms with E-state index in [0.717, 1.165) is 11.1 Å². The fraction of sp³-hybridized carbons (Fsp3) is 0.273. The van der Waals surface area contributed by atoms with E-state index in [1.54, 1.807) is 0 Å². The zero-order chi connectivity index (χ0) is 11.3. The number of hydrogen-bond donors (Lipinski definition) is 2. The third kappa shape index (κ3) is 2.56. The molecule has 0 aliphatic heterocycles. The fourth-order valence-electron chi connectivity index (χ4n) is 1.28. The summed E-state index contributed by atoms with van der Waals surface area (Å²) in [4.78, 5) is 0. The highest BCUT2D eigenvalue weighted by Crippen LogP contribution is 2.07. The van der Waals surface area contributed by atoms with Crippen molar-refractivity contribution in [3.63, 3.8) is 0 Å². The van der Waals surface area contributed by atoms with Gasteiger partial charge in [0.2, 0.25) is 0 Å². The van der Waals surface area contributed by atoms with E-state index in [1.165, 1.54) is 0 Å². The molecule has 2 N–H and O–H groups in total. The number of nitrogens with zero attached hydrogens (tertiary/aromatic N) is 2. The first kappa shape index (κ1) is 11.2. The van der Waals surface area contributed by atoms with Gasteiger partial charge in [-0.1, -0.05) is 47.1 Å². The largest absolute Gasteiger partial charge is 0.411 e. The van der Waals surface area contributed by atoms with E-state index in [2.05, 4.69) is 10.3 Å². The Balaban J connectivity index is 3.09. The topological polar surface area (TPSA) is 65.2 Å². The van der Waals surface area contributed by atoms with Crippen LogP contribution in [0.4, 0.5) is 0 Å². The lowest BCUT2D eigenvalue weighted by atomic mass is 10.0. The van der Waals surface area contributed by atoms with Gasteiger partial charge >= 0.3 is 0 Å². The van der Waals surface area contributed by atoms with Crippen LogP contribution in [0, 0.1) is 6.92 Å². The van der Waals surface area contributed by atoms with Crippen LogP contribution in [0.15, 0.2) is 34.6 Å². The summed E-state index contributed by atoms with van der Waals surface area (Å²) in [6.07, 6.45) is 0.504. The van der Waals surface area contributed by atoms with Crippen LogP contribution in [-0.2, 0) is 0 Å². The van der Waals surface area contributed by atoms with Gasteiger partial charge in [0.05, 0.1) is 0 Å². The molecule has 0 saturated carbocycles. The molecule has 0 aliphatic rings. The molecule has 0 atom stereocenters. The van der Waals surface area contributed by atoms with Crippen LogP contribution in [0.3, 0.4) is 0 Å². The van der Waals surface area contributed by atoms with Gasteiger partial charge in [-0.15, -0.1) is 0 Å². The van der Waals surface area contributed by atoms with Crippen molar-refractivity contribution in [2.75, 3.05) is 0 Å². The number of rotatable bonds is 3. The molecule has 4 nitrogen and oxygen atoms in total. The van der Waals surface area contributed by atoms with Crippen molar-refractivity contribution in [1.82, 2.24) is 0 Å². The maximum atomic E-state index is 8.88. The highest BCUT2D eigenvalue weighted by molar-refractivity contribution is 6.48. The minimum absolute atomic E-state index is 0.306. The summed E-state index contributed by atoms with van der Waals surface area (Å²) in [5, 5.41) is 23.9. The lowest BCUT2D eigenvalue weighted by molar-refractivity contribution is 0.313. The Kier molecular flexibility index (Phi) is 3.85. The average Bonchev–Trinajstić information content (AvgIpc) is 2.27. The SMILES string of the molecule is CCC(=N\O)/C(=N/O)c1ccc(C)cc1. The van der Waals surface area contributed by atoms with Crippen LogP contribution in [-0.4, -0.2) is 21.8 Å². The molecule has 1 aromatic rings. The molecular formula is C11H14N2O2. The van der Waals surface area contributed by atoms with E-state index in [9.17, 15) is 0 Å². The molecule has 0 spiro atoms. The summed E-state index contributed by atoms with van der Waals surface area (Å²) < 4.78 is 0. The molecule has 4 heteroatoms. The van der Waals surface area contributed by atoms with Gasteiger partial charge in [0.25, 0.3) is 0 Å². The zero-order valence-electron chi connectivity index (χ0n) is 8.81. The summed E-state index contributed by atoms with van der Waals surface area (Å²) in [7, 11) is 0. The van der Waals surface area contributed by atoms with E-state index < -0.39 is 0 Å². The van der Waals surface area contributed by atoms with Gasteiger partial charge < -0.3 is 10.4 Å². The zero-order valence-corrected chi connectivity index (χ0v) is 8.81. The molecule has 1 rings (SSSR count). The molecule has 0 saturated heterocycles. The van der Waals surface area contributed by atoms with Crippen molar-refractivity contribution >= 4 is 11.4 Å². The van der Waals surface area contributed by atoms with Crippen LogP contribution in [0.5, 0.6) is 0 Å². The second kappa shape index (κ2) is 5.14. The van der Waals surface area contributed by atoms with E-state index in [4.69, 9.17) is 10.4 Å². The maximum Gasteiger partial charge on any atom is 0.134 e. The third-order valence-electron chi connectivity index (χ3n) is 2.15. The van der Waals surface area contributed by atoms with E-state index in [-0.39, 0.29) is 0 Å². The third-order valence-corrected chi connectivity index (χ3v) is 2.15. The first-order valence-corrected chi connectivity index (χ1v) is 4.73. The first-order valence-electron chi connectivity index (χ1n) is 4.73. The lowest BCUT2D eigenvalue weighted by Crippen LogP contribution is -2.14. The quantitative estimate of drug-likeness (QED) is 0.453. The van der Waals surface area contributed by atoms with E-state index in [0.29, 0.717) is 17.8 Å². The van der Waals surface area contributed by atoms with Gasteiger partial charge in [0.15, 0.2) is 0 Å². The highest BCUT2D eigenvalue weighted by Gasteiger charge is 2.11. The van der Waals surface area contributed by atoms with Crippen molar-refractivity contribution in [1.29, 1.82) is 0 Å². The monoisotopic (exact) mass is 206 g/mol. The van der Waals surface area contributed by atoms with Crippen molar-refractivity contribution in [3.05, 3.63) is 35.4 Å². The molecule has 0 amide bonds. The maximum absolute atomic E-state index is 8.88. The number of oxime groups is 2. The van der Waals surface area contributed by atoms with Crippen LogP contribution in [0.1, 0.15) is 24.5 Å². The molecule has 15 heavy (non-hydrogen) atoms. The first-order chi connectivity index (χ1) is 7.22. The minimum Gasteiger partial charge on any atom is -0.411 e. The van der Waals surface area contributed by atoms with Crippen molar-refractivity contribution in [2.45, 2.75) is 20.3 Å². The van der Waals surface area contributed by atoms with E-state index >= 15 is 0 Å².